The van der Waals surface area contributed by atoms with Gasteiger partial charge in [-0.3, -0.25) is 4.79 Å². The maximum absolute atomic E-state index is 12.2. The lowest BCUT2D eigenvalue weighted by molar-refractivity contribution is -0.133. The lowest BCUT2D eigenvalue weighted by Gasteiger charge is -2.37. The fourth-order valence-electron chi connectivity index (χ4n) is 2.88. The first-order chi connectivity index (χ1) is 9.08. The third-order valence-corrected chi connectivity index (χ3v) is 4.07. The standard InChI is InChI=1S/C15H31N3O/c1-5-9-18-10-7-14(8-11-18)17(4)15(19)12-13(3)16-6-2/h13-14,16H,5-12H2,1-4H3. The Balaban J connectivity index is 2.33. The fraction of sp³-hybridized carbons (Fsp3) is 0.933. The molecular formula is C15H31N3O. The number of piperidine rings is 1. The number of carbonyl (C=O) groups is 1. The molecule has 1 N–H and O–H groups in total. The smallest absolute Gasteiger partial charge is 0.224 e. The third kappa shape index (κ3) is 5.49. The summed E-state index contributed by atoms with van der Waals surface area (Å²) < 4.78 is 0. The number of nitrogens with zero attached hydrogens (tertiary/aromatic N) is 2. The zero-order chi connectivity index (χ0) is 14.3. The highest BCUT2D eigenvalue weighted by molar-refractivity contribution is 5.76. The second-order valence-electron chi connectivity index (χ2n) is 5.74. The monoisotopic (exact) mass is 269 g/mol. The van der Waals surface area contributed by atoms with Gasteiger partial charge in [0.25, 0.3) is 0 Å². The molecule has 0 radical (unpaired) electrons. The molecule has 0 aromatic carbocycles. The fourth-order valence-corrected chi connectivity index (χ4v) is 2.88. The molecule has 0 bridgehead atoms. The van der Waals surface area contributed by atoms with E-state index in [0.717, 1.165) is 32.5 Å². The van der Waals surface area contributed by atoms with Gasteiger partial charge in [0, 0.05) is 38.6 Å². The molecule has 1 saturated heterocycles. The first-order valence-corrected chi connectivity index (χ1v) is 7.79. The van der Waals surface area contributed by atoms with Crippen LogP contribution in [0.25, 0.3) is 0 Å². The van der Waals surface area contributed by atoms with Crippen LogP contribution in [0.2, 0.25) is 0 Å². The summed E-state index contributed by atoms with van der Waals surface area (Å²) in [4.78, 5) is 16.7. The molecule has 19 heavy (non-hydrogen) atoms. The predicted molar refractivity (Wildman–Crippen MR) is 80.3 cm³/mol. The average Bonchev–Trinajstić information content (AvgIpc) is 2.39. The van der Waals surface area contributed by atoms with E-state index in [4.69, 9.17) is 0 Å². The SMILES string of the molecule is CCCN1CCC(N(C)C(=O)CC(C)NCC)CC1. The lowest BCUT2D eigenvalue weighted by atomic mass is 10.0. The molecule has 1 aliphatic heterocycles. The molecule has 4 nitrogen and oxygen atoms in total. The van der Waals surface area contributed by atoms with Crippen LogP contribution in [-0.4, -0.2) is 61.0 Å². The highest BCUT2D eigenvalue weighted by atomic mass is 16.2. The van der Waals surface area contributed by atoms with E-state index in [1.54, 1.807) is 0 Å². The molecule has 1 heterocycles. The van der Waals surface area contributed by atoms with Crippen LogP contribution in [0.4, 0.5) is 0 Å². The second kappa shape index (κ2) is 8.54. The van der Waals surface area contributed by atoms with Crippen molar-refractivity contribution in [2.75, 3.05) is 33.2 Å². The molecule has 1 fully saturated rings. The highest BCUT2D eigenvalue weighted by Gasteiger charge is 2.25. The average molecular weight is 269 g/mol. The summed E-state index contributed by atoms with van der Waals surface area (Å²) in [6.07, 6.45) is 4.08. The van der Waals surface area contributed by atoms with E-state index in [0.29, 0.717) is 12.5 Å². The van der Waals surface area contributed by atoms with Crippen molar-refractivity contribution in [1.82, 2.24) is 15.1 Å². The Morgan fingerprint density at radius 3 is 2.53 bits per heavy atom. The van der Waals surface area contributed by atoms with Gasteiger partial charge in [-0.05, 0) is 39.3 Å². The first-order valence-electron chi connectivity index (χ1n) is 7.79. The maximum Gasteiger partial charge on any atom is 0.224 e. The van der Waals surface area contributed by atoms with Crippen molar-refractivity contribution in [3.63, 3.8) is 0 Å². The third-order valence-electron chi connectivity index (χ3n) is 4.07. The second-order valence-corrected chi connectivity index (χ2v) is 5.74. The molecule has 1 rings (SSSR count). The number of rotatable bonds is 7. The van der Waals surface area contributed by atoms with Crippen molar-refractivity contribution in [3.05, 3.63) is 0 Å². The molecule has 0 saturated carbocycles. The van der Waals surface area contributed by atoms with Gasteiger partial charge in [0.2, 0.25) is 5.91 Å². The van der Waals surface area contributed by atoms with E-state index in [1.165, 1.54) is 13.0 Å². The topological polar surface area (TPSA) is 35.6 Å². The van der Waals surface area contributed by atoms with Crippen molar-refractivity contribution in [2.45, 2.75) is 58.5 Å². The van der Waals surface area contributed by atoms with E-state index < -0.39 is 0 Å². The number of carbonyl (C=O) groups excluding carboxylic acids is 1. The van der Waals surface area contributed by atoms with E-state index in [9.17, 15) is 4.79 Å². The molecule has 0 aromatic heterocycles. The Labute approximate surface area is 118 Å². The van der Waals surface area contributed by atoms with Crippen molar-refractivity contribution >= 4 is 5.91 Å². The van der Waals surface area contributed by atoms with Gasteiger partial charge in [-0.25, -0.2) is 0 Å². The molecule has 0 spiro atoms. The van der Waals surface area contributed by atoms with Gasteiger partial charge in [0.15, 0.2) is 0 Å². The Hall–Kier alpha value is -0.610. The Bertz CT molecular complexity index is 262. The zero-order valence-electron chi connectivity index (χ0n) is 13.1. The van der Waals surface area contributed by atoms with Gasteiger partial charge >= 0.3 is 0 Å². The van der Waals surface area contributed by atoms with Crippen LogP contribution < -0.4 is 5.32 Å². The van der Waals surface area contributed by atoms with Crippen LogP contribution in [-0.2, 0) is 4.79 Å². The van der Waals surface area contributed by atoms with Gasteiger partial charge < -0.3 is 15.1 Å². The van der Waals surface area contributed by atoms with Crippen LogP contribution in [0.15, 0.2) is 0 Å². The van der Waals surface area contributed by atoms with Gasteiger partial charge in [-0.2, -0.15) is 0 Å². The molecule has 0 aliphatic carbocycles. The molecule has 112 valence electrons. The zero-order valence-corrected chi connectivity index (χ0v) is 13.1. The van der Waals surface area contributed by atoms with Crippen LogP contribution in [0, 0.1) is 0 Å². The van der Waals surface area contributed by atoms with E-state index in [2.05, 4.69) is 31.0 Å². The van der Waals surface area contributed by atoms with E-state index in [-0.39, 0.29) is 11.9 Å². The summed E-state index contributed by atoms with van der Waals surface area (Å²) in [7, 11) is 1.97. The highest BCUT2D eigenvalue weighted by Crippen LogP contribution is 2.16. The van der Waals surface area contributed by atoms with Crippen LogP contribution in [0.5, 0.6) is 0 Å². The normalized spacial score (nSPS) is 19.4. The molecule has 1 atom stereocenters. The number of nitrogens with one attached hydrogen (secondary N) is 1. The first kappa shape index (κ1) is 16.4. The van der Waals surface area contributed by atoms with Gasteiger partial charge in [0.05, 0.1) is 0 Å². The van der Waals surface area contributed by atoms with Crippen molar-refractivity contribution in [3.8, 4) is 0 Å². The lowest BCUT2D eigenvalue weighted by Crippen LogP contribution is -2.46. The summed E-state index contributed by atoms with van der Waals surface area (Å²) in [5.41, 5.74) is 0. The Morgan fingerprint density at radius 1 is 1.37 bits per heavy atom. The van der Waals surface area contributed by atoms with Crippen molar-refractivity contribution in [2.24, 2.45) is 0 Å². The molecule has 1 unspecified atom stereocenters. The van der Waals surface area contributed by atoms with Gasteiger partial charge in [-0.15, -0.1) is 0 Å². The molecule has 1 aliphatic rings. The Kier molecular flexibility index (Phi) is 7.39. The summed E-state index contributed by atoms with van der Waals surface area (Å²) >= 11 is 0. The molecule has 4 heteroatoms. The largest absolute Gasteiger partial charge is 0.343 e. The van der Waals surface area contributed by atoms with Gasteiger partial charge in [0.1, 0.15) is 0 Å². The van der Waals surface area contributed by atoms with Crippen molar-refractivity contribution in [1.29, 1.82) is 0 Å². The predicted octanol–water partition coefficient (Wildman–Crippen LogP) is 1.71. The summed E-state index contributed by atoms with van der Waals surface area (Å²) in [5, 5.41) is 3.30. The summed E-state index contributed by atoms with van der Waals surface area (Å²) in [6, 6.07) is 0.717. The van der Waals surface area contributed by atoms with Crippen molar-refractivity contribution < 1.29 is 4.79 Å². The van der Waals surface area contributed by atoms with E-state index in [1.807, 2.05) is 11.9 Å². The molecule has 1 amide bonds. The number of amides is 1. The van der Waals surface area contributed by atoms with Crippen LogP contribution in [0.3, 0.4) is 0 Å². The molecule has 0 aromatic rings. The Morgan fingerprint density at radius 2 is 2.00 bits per heavy atom. The number of hydrogen-bond donors (Lipinski definition) is 1. The summed E-state index contributed by atoms with van der Waals surface area (Å²) in [5.74, 6) is 0.280. The minimum absolute atomic E-state index is 0.278. The quantitative estimate of drug-likeness (QED) is 0.764. The minimum Gasteiger partial charge on any atom is -0.343 e. The van der Waals surface area contributed by atoms with Crippen LogP contribution >= 0.6 is 0 Å². The number of hydrogen-bond acceptors (Lipinski definition) is 3. The molecular weight excluding hydrogens is 238 g/mol. The summed E-state index contributed by atoms with van der Waals surface area (Å²) in [6.45, 7) is 10.8. The van der Waals surface area contributed by atoms with Crippen LogP contribution in [0.1, 0.15) is 46.5 Å². The minimum atomic E-state index is 0.278. The number of likely N-dealkylation sites (tertiary alicyclic amines) is 1. The van der Waals surface area contributed by atoms with Gasteiger partial charge in [-0.1, -0.05) is 13.8 Å². The van der Waals surface area contributed by atoms with E-state index >= 15 is 0 Å². The maximum atomic E-state index is 12.2.